The molecule has 100 valence electrons. The molecule has 2 heterocycles. The number of amides is 1. The van der Waals surface area contributed by atoms with Crippen LogP contribution < -0.4 is 16.7 Å². The SMILES string of the molecule is Cn1c(=O)n(C[C@@H]2CNC(=O)O2)c2cc(N)ccc21. The molecule has 0 aliphatic carbocycles. The molecule has 7 heteroatoms. The van der Waals surface area contributed by atoms with E-state index < -0.39 is 6.09 Å². The smallest absolute Gasteiger partial charge is 0.407 e. The average Bonchev–Trinajstić information content (AvgIpc) is 2.88. The van der Waals surface area contributed by atoms with Crippen LogP contribution in [0.2, 0.25) is 0 Å². The van der Waals surface area contributed by atoms with E-state index in [-0.39, 0.29) is 11.8 Å². The number of imidazole rings is 1. The van der Waals surface area contributed by atoms with Crippen molar-refractivity contribution in [2.75, 3.05) is 12.3 Å². The lowest BCUT2D eigenvalue weighted by atomic mass is 10.2. The Labute approximate surface area is 108 Å². The van der Waals surface area contributed by atoms with Crippen LogP contribution in [-0.2, 0) is 18.3 Å². The van der Waals surface area contributed by atoms with Crippen LogP contribution in [0.5, 0.6) is 0 Å². The average molecular weight is 262 g/mol. The zero-order chi connectivity index (χ0) is 13.6. The third kappa shape index (κ3) is 1.83. The van der Waals surface area contributed by atoms with Gasteiger partial charge in [-0.2, -0.15) is 0 Å². The first kappa shape index (κ1) is 11.6. The van der Waals surface area contributed by atoms with E-state index in [0.717, 1.165) is 11.0 Å². The second-order valence-electron chi connectivity index (χ2n) is 4.61. The van der Waals surface area contributed by atoms with Crippen molar-refractivity contribution in [2.45, 2.75) is 12.6 Å². The molecule has 0 saturated carbocycles. The van der Waals surface area contributed by atoms with Crippen LogP contribution >= 0.6 is 0 Å². The number of hydrogen-bond donors (Lipinski definition) is 2. The lowest BCUT2D eigenvalue weighted by molar-refractivity contribution is 0.131. The molecular weight excluding hydrogens is 248 g/mol. The number of benzene rings is 1. The van der Waals surface area contributed by atoms with Gasteiger partial charge in [0.1, 0.15) is 6.10 Å². The monoisotopic (exact) mass is 262 g/mol. The van der Waals surface area contributed by atoms with E-state index in [4.69, 9.17) is 10.5 Å². The highest BCUT2D eigenvalue weighted by atomic mass is 16.6. The number of carbonyl (C=O) groups excluding carboxylic acids is 1. The molecule has 1 aliphatic rings. The molecule has 1 aliphatic heterocycles. The molecule has 1 amide bonds. The Hall–Kier alpha value is -2.44. The molecule has 19 heavy (non-hydrogen) atoms. The summed E-state index contributed by atoms with van der Waals surface area (Å²) >= 11 is 0. The van der Waals surface area contributed by atoms with Gasteiger partial charge in [0, 0.05) is 12.7 Å². The van der Waals surface area contributed by atoms with Crippen molar-refractivity contribution in [2.24, 2.45) is 7.05 Å². The lowest BCUT2D eigenvalue weighted by Crippen LogP contribution is -2.29. The Morgan fingerprint density at radius 3 is 2.89 bits per heavy atom. The second-order valence-corrected chi connectivity index (χ2v) is 4.61. The molecule has 0 bridgehead atoms. The standard InChI is InChI=1S/C12H14N4O3/c1-15-9-3-2-7(13)4-10(9)16(12(15)18)6-8-5-14-11(17)19-8/h2-4,8H,5-6,13H2,1H3,(H,14,17)/t8-/m0/s1. The highest BCUT2D eigenvalue weighted by molar-refractivity contribution is 5.79. The molecule has 1 saturated heterocycles. The van der Waals surface area contributed by atoms with Gasteiger partial charge in [-0.3, -0.25) is 9.13 Å². The number of aromatic nitrogens is 2. The van der Waals surface area contributed by atoms with Crippen molar-refractivity contribution in [3.8, 4) is 0 Å². The number of rotatable bonds is 2. The second kappa shape index (κ2) is 4.04. The Morgan fingerprint density at radius 2 is 2.21 bits per heavy atom. The highest BCUT2D eigenvalue weighted by Crippen LogP contribution is 2.17. The number of aryl methyl sites for hydroxylation is 1. The minimum atomic E-state index is -0.446. The predicted octanol–water partition coefficient (Wildman–Crippen LogP) is 0.0306. The molecular formula is C12H14N4O3. The number of cyclic esters (lactones) is 1. The van der Waals surface area contributed by atoms with Crippen LogP contribution in [0.4, 0.5) is 10.5 Å². The van der Waals surface area contributed by atoms with Gasteiger partial charge in [-0.1, -0.05) is 0 Å². The van der Waals surface area contributed by atoms with Crippen molar-refractivity contribution in [1.29, 1.82) is 0 Å². The first-order valence-electron chi connectivity index (χ1n) is 5.95. The predicted molar refractivity (Wildman–Crippen MR) is 69.9 cm³/mol. The fourth-order valence-electron chi connectivity index (χ4n) is 2.34. The van der Waals surface area contributed by atoms with Crippen molar-refractivity contribution in [3.05, 3.63) is 28.7 Å². The third-order valence-electron chi connectivity index (χ3n) is 3.30. The maximum absolute atomic E-state index is 12.2. The number of nitrogen functional groups attached to an aromatic ring is 1. The maximum atomic E-state index is 12.2. The summed E-state index contributed by atoms with van der Waals surface area (Å²) in [5.41, 5.74) is 7.75. The highest BCUT2D eigenvalue weighted by Gasteiger charge is 2.24. The van der Waals surface area contributed by atoms with Crippen LogP contribution in [0.25, 0.3) is 11.0 Å². The van der Waals surface area contributed by atoms with Gasteiger partial charge < -0.3 is 15.8 Å². The summed E-state index contributed by atoms with van der Waals surface area (Å²) in [5.74, 6) is 0. The first-order valence-corrected chi connectivity index (χ1v) is 5.95. The topological polar surface area (TPSA) is 91.3 Å². The van der Waals surface area contributed by atoms with Gasteiger partial charge in [-0.05, 0) is 18.2 Å². The molecule has 7 nitrogen and oxygen atoms in total. The number of carbonyl (C=O) groups is 1. The van der Waals surface area contributed by atoms with Crippen LogP contribution in [0, 0.1) is 0 Å². The van der Waals surface area contributed by atoms with E-state index >= 15 is 0 Å². The third-order valence-corrected chi connectivity index (χ3v) is 3.30. The number of anilines is 1. The first-order chi connectivity index (χ1) is 9.06. The Morgan fingerprint density at radius 1 is 1.42 bits per heavy atom. The van der Waals surface area contributed by atoms with Crippen molar-refractivity contribution in [3.63, 3.8) is 0 Å². The summed E-state index contributed by atoms with van der Waals surface area (Å²) in [6.07, 6.45) is -0.782. The summed E-state index contributed by atoms with van der Waals surface area (Å²) in [7, 11) is 1.70. The molecule has 0 radical (unpaired) electrons. The number of hydrogen-bond acceptors (Lipinski definition) is 4. The Balaban J connectivity index is 2.07. The van der Waals surface area contributed by atoms with E-state index in [1.807, 2.05) is 6.07 Å². The van der Waals surface area contributed by atoms with Gasteiger partial charge in [-0.25, -0.2) is 9.59 Å². The number of nitrogens with two attached hydrogens (primary N) is 1. The maximum Gasteiger partial charge on any atom is 0.407 e. The molecule has 3 N–H and O–H groups in total. The molecule has 1 fully saturated rings. The van der Waals surface area contributed by atoms with Gasteiger partial charge in [0.25, 0.3) is 0 Å². The van der Waals surface area contributed by atoms with Crippen LogP contribution in [-0.4, -0.2) is 27.9 Å². The van der Waals surface area contributed by atoms with Gasteiger partial charge in [0.2, 0.25) is 0 Å². The minimum Gasteiger partial charge on any atom is -0.442 e. The van der Waals surface area contributed by atoms with Gasteiger partial charge in [-0.15, -0.1) is 0 Å². The summed E-state index contributed by atoms with van der Waals surface area (Å²) in [6, 6.07) is 5.31. The van der Waals surface area contributed by atoms with E-state index in [2.05, 4.69) is 5.32 Å². The van der Waals surface area contributed by atoms with E-state index in [1.165, 1.54) is 0 Å². The van der Waals surface area contributed by atoms with Crippen LogP contribution in [0.3, 0.4) is 0 Å². The summed E-state index contributed by atoms with van der Waals surface area (Å²) < 4.78 is 8.19. The largest absolute Gasteiger partial charge is 0.442 e. The fraction of sp³-hybridized carbons (Fsp3) is 0.333. The molecule has 3 rings (SSSR count). The fourth-order valence-corrected chi connectivity index (χ4v) is 2.34. The summed E-state index contributed by atoms with van der Waals surface area (Å²) in [4.78, 5) is 23.2. The number of alkyl carbamates (subject to hydrolysis) is 1. The number of nitrogens with zero attached hydrogens (tertiary/aromatic N) is 2. The van der Waals surface area contributed by atoms with Crippen molar-refractivity contribution in [1.82, 2.24) is 14.5 Å². The quantitative estimate of drug-likeness (QED) is 0.747. The molecule has 2 aromatic rings. The Kier molecular flexibility index (Phi) is 2.48. The summed E-state index contributed by atoms with van der Waals surface area (Å²) in [6.45, 7) is 0.725. The zero-order valence-electron chi connectivity index (χ0n) is 10.4. The molecule has 0 spiro atoms. The van der Waals surface area contributed by atoms with Gasteiger partial charge >= 0.3 is 11.8 Å². The Bertz CT molecular complexity index is 716. The van der Waals surface area contributed by atoms with E-state index in [0.29, 0.717) is 18.8 Å². The van der Waals surface area contributed by atoms with Crippen molar-refractivity contribution >= 4 is 22.8 Å². The van der Waals surface area contributed by atoms with E-state index in [1.54, 1.807) is 28.3 Å². The van der Waals surface area contributed by atoms with Crippen LogP contribution in [0.1, 0.15) is 0 Å². The number of fused-ring (bicyclic) bond motifs is 1. The number of ether oxygens (including phenoxy) is 1. The summed E-state index contributed by atoms with van der Waals surface area (Å²) in [5, 5.41) is 2.57. The van der Waals surface area contributed by atoms with Crippen molar-refractivity contribution < 1.29 is 9.53 Å². The normalized spacial score (nSPS) is 18.6. The molecule has 1 atom stereocenters. The molecule has 1 aromatic heterocycles. The lowest BCUT2D eigenvalue weighted by Gasteiger charge is -2.08. The van der Waals surface area contributed by atoms with E-state index in [9.17, 15) is 9.59 Å². The zero-order valence-corrected chi connectivity index (χ0v) is 10.4. The van der Waals surface area contributed by atoms with Crippen LogP contribution in [0.15, 0.2) is 23.0 Å². The van der Waals surface area contributed by atoms with Gasteiger partial charge in [0.05, 0.1) is 24.1 Å². The number of nitrogens with one attached hydrogen (secondary N) is 1. The minimum absolute atomic E-state index is 0.149. The molecule has 1 aromatic carbocycles. The van der Waals surface area contributed by atoms with Gasteiger partial charge in [0.15, 0.2) is 0 Å². The molecule has 0 unspecified atom stereocenters.